The highest BCUT2D eigenvalue weighted by Gasteiger charge is 2.27. The zero-order valence-corrected chi connectivity index (χ0v) is 12.2. The van der Waals surface area contributed by atoms with Gasteiger partial charge >= 0.3 is 0 Å². The van der Waals surface area contributed by atoms with Crippen molar-refractivity contribution in [2.45, 2.75) is 44.2 Å². The molecule has 0 aromatic rings. The van der Waals surface area contributed by atoms with Gasteiger partial charge in [-0.1, -0.05) is 0 Å². The Bertz CT molecular complexity index is 406. The van der Waals surface area contributed by atoms with Gasteiger partial charge in [-0.3, -0.25) is 4.79 Å². The van der Waals surface area contributed by atoms with Crippen LogP contribution in [0.5, 0.6) is 0 Å². The van der Waals surface area contributed by atoms with Gasteiger partial charge in [0.15, 0.2) is 0 Å². The molecule has 1 aliphatic heterocycles. The van der Waals surface area contributed by atoms with Gasteiger partial charge in [0, 0.05) is 25.7 Å². The summed E-state index contributed by atoms with van der Waals surface area (Å²) in [5.74, 6) is -0.336. The van der Waals surface area contributed by atoms with Crippen LogP contribution in [-0.2, 0) is 15.0 Å². The third kappa shape index (κ3) is 6.14. The van der Waals surface area contributed by atoms with Crippen LogP contribution >= 0.6 is 0 Å². The molecule has 1 amide bonds. The summed E-state index contributed by atoms with van der Waals surface area (Å²) in [6.07, 6.45) is 1.38. The van der Waals surface area contributed by atoms with Crippen LogP contribution in [0.15, 0.2) is 0 Å². The minimum atomic E-state index is -3.72. The van der Waals surface area contributed by atoms with Crippen LogP contribution in [0.4, 0.5) is 0 Å². The van der Waals surface area contributed by atoms with Crippen molar-refractivity contribution in [3.8, 4) is 0 Å². The van der Waals surface area contributed by atoms with Gasteiger partial charge in [0.1, 0.15) is 6.10 Å². The predicted octanol–water partition coefficient (Wildman–Crippen LogP) is -1.71. The molecule has 118 valence electrons. The first-order valence-electron chi connectivity index (χ1n) is 6.71. The number of unbranched alkanes of at least 4 members (excludes halogenated alkanes) is 1. The van der Waals surface area contributed by atoms with Gasteiger partial charge in [0.05, 0.1) is 0 Å². The molecule has 0 aliphatic carbocycles. The number of carbonyl (C=O) groups is 1. The van der Waals surface area contributed by atoms with Gasteiger partial charge in [-0.05, 0) is 32.1 Å². The topological polar surface area (TPSA) is 133 Å². The molecule has 1 fully saturated rings. The summed E-state index contributed by atoms with van der Waals surface area (Å²) in [6.45, 7) is 0.831. The summed E-state index contributed by atoms with van der Waals surface area (Å²) < 4.78 is 24.1. The lowest BCUT2D eigenvalue weighted by molar-refractivity contribution is -0.141. The van der Waals surface area contributed by atoms with E-state index in [1.807, 2.05) is 0 Å². The molecular formula is C11H23N3O5S. The molecule has 0 aromatic heterocycles. The maximum atomic E-state index is 11.9. The predicted molar refractivity (Wildman–Crippen MR) is 72.8 cm³/mol. The number of likely N-dealkylation sites (tertiary alicyclic amines) is 1. The van der Waals surface area contributed by atoms with E-state index in [-0.39, 0.29) is 18.6 Å². The molecule has 20 heavy (non-hydrogen) atoms. The molecule has 1 unspecified atom stereocenters. The summed E-state index contributed by atoms with van der Waals surface area (Å²) in [5.41, 5.74) is 0. The Morgan fingerprint density at radius 3 is 2.45 bits per heavy atom. The highest BCUT2D eigenvalue weighted by atomic mass is 32.2. The van der Waals surface area contributed by atoms with E-state index in [4.69, 9.17) is 10.2 Å². The Morgan fingerprint density at radius 2 is 1.95 bits per heavy atom. The summed E-state index contributed by atoms with van der Waals surface area (Å²) in [6, 6.07) is -0.263. The third-order valence-electron chi connectivity index (χ3n) is 3.31. The normalized spacial score (nSPS) is 19.1. The summed E-state index contributed by atoms with van der Waals surface area (Å²) in [5, 5.41) is 23.3. The zero-order valence-electron chi connectivity index (χ0n) is 11.4. The number of hydrogen-bond donors (Lipinski definition) is 4. The third-order valence-corrected chi connectivity index (χ3v) is 3.97. The van der Waals surface area contributed by atoms with E-state index < -0.39 is 16.3 Å². The lowest BCUT2D eigenvalue weighted by Gasteiger charge is -2.33. The molecule has 0 radical (unpaired) electrons. The number of nitrogens with one attached hydrogen (secondary N) is 1. The van der Waals surface area contributed by atoms with E-state index in [1.165, 1.54) is 4.90 Å². The maximum absolute atomic E-state index is 11.9. The lowest BCUT2D eigenvalue weighted by atomic mass is 10.0. The number of aliphatic hydroxyl groups is 2. The maximum Gasteiger partial charge on any atom is 0.274 e. The van der Waals surface area contributed by atoms with Gasteiger partial charge in [-0.15, -0.1) is 0 Å². The minimum absolute atomic E-state index is 0.0472. The van der Waals surface area contributed by atoms with Crippen molar-refractivity contribution in [3.05, 3.63) is 0 Å². The van der Waals surface area contributed by atoms with E-state index in [1.54, 1.807) is 0 Å². The fourth-order valence-corrected chi connectivity index (χ4v) is 2.93. The van der Waals surface area contributed by atoms with Crippen LogP contribution in [-0.4, -0.2) is 61.3 Å². The van der Waals surface area contributed by atoms with Crippen LogP contribution in [0.25, 0.3) is 0 Å². The molecule has 1 aliphatic rings. The Hall–Kier alpha value is -0.740. The number of piperidine rings is 1. The number of rotatable bonds is 7. The average molecular weight is 309 g/mol. The molecule has 9 heteroatoms. The average Bonchev–Trinajstić information content (AvgIpc) is 2.37. The van der Waals surface area contributed by atoms with Crippen molar-refractivity contribution in [2.24, 2.45) is 5.14 Å². The van der Waals surface area contributed by atoms with Gasteiger partial charge in [0.25, 0.3) is 16.1 Å². The van der Waals surface area contributed by atoms with E-state index >= 15 is 0 Å². The first kappa shape index (κ1) is 17.3. The van der Waals surface area contributed by atoms with Crippen molar-refractivity contribution in [2.75, 3.05) is 19.7 Å². The van der Waals surface area contributed by atoms with E-state index in [0.717, 1.165) is 0 Å². The number of amides is 1. The monoisotopic (exact) mass is 309 g/mol. The highest BCUT2D eigenvalue weighted by molar-refractivity contribution is 7.87. The van der Waals surface area contributed by atoms with Gasteiger partial charge < -0.3 is 15.1 Å². The van der Waals surface area contributed by atoms with Gasteiger partial charge in [-0.25, -0.2) is 5.14 Å². The van der Waals surface area contributed by atoms with Crippen molar-refractivity contribution >= 4 is 16.1 Å². The Balaban J connectivity index is 2.35. The van der Waals surface area contributed by atoms with E-state index in [9.17, 15) is 18.3 Å². The lowest BCUT2D eigenvalue weighted by Crippen LogP contribution is -2.50. The largest absolute Gasteiger partial charge is 0.396 e. The number of hydrogen-bond acceptors (Lipinski definition) is 5. The van der Waals surface area contributed by atoms with Crippen LogP contribution < -0.4 is 9.86 Å². The van der Waals surface area contributed by atoms with Crippen LogP contribution in [0.1, 0.15) is 32.1 Å². The molecular weight excluding hydrogens is 286 g/mol. The molecule has 1 heterocycles. The number of carbonyl (C=O) groups excluding carboxylic acids is 1. The Labute approximate surface area is 119 Å². The molecule has 0 spiro atoms. The SMILES string of the molecule is NS(=O)(=O)NC1CCN(C(=O)C(O)CCCCO)CC1. The molecule has 1 rings (SSSR count). The fraction of sp³-hybridized carbons (Fsp3) is 0.909. The molecule has 0 bridgehead atoms. The fourth-order valence-electron chi connectivity index (χ4n) is 2.23. The molecule has 1 saturated heterocycles. The van der Waals surface area contributed by atoms with Crippen molar-refractivity contribution < 1.29 is 23.4 Å². The molecule has 5 N–H and O–H groups in total. The Kier molecular flexibility index (Phi) is 6.83. The highest BCUT2D eigenvalue weighted by Crippen LogP contribution is 2.13. The second-order valence-electron chi connectivity index (χ2n) is 5.00. The standard InChI is InChI=1S/C11H23N3O5S/c12-20(18,19)13-9-4-6-14(7-5-9)11(17)10(16)3-1-2-8-15/h9-10,13,15-16H,1-8H2,(H2,12,18,19). The number of nitrogens with two attached hydrogens (primary N) is 1. The molecule has 1 atom stereocenters. The summed E-state index contributed by atoms with van der Waals surface area (Å²) >= 11 is 0. The second kappa shape index (κ2) is 7.89. The summed E-state index contributed by atoms with van der Waals surface area (Å²) in [7, 11) is -3.72. The van der Waals surface area contributed by atoms with Crippen LogP contribution in [0.3, 0.4) is 0 Å². The molecule has 8 nitrogen and oxygen atoms in total. The first-order chi connectivity index (χ1) is 9.33. The number of aliphatic hydroxyl groups excluding tert-OH is 2. The van der Waals surface area contributed by atoms with Crippen LogP contribution in [0.2, 0.25) is 0 Å². The van der Waals surface area contributed by atoms with E-state index in [0.29, 0.717) is 45.2 Å². The molecule has 0 aromatic carbocycles. The smallest absolute Gasteiger partial charge is 0.274 e. The van der Waals surface area contributed by atoms with Gasteiger partial charge in [-0.2, -0.15) is 13.1 Å². The zero-order chi connectivity index (χ0) is 15.2. The Morgan fingerprint density at radius 1 is 1.35 bits per heavy atom. The van der Waals surface area contributed by atoms with Crippen molar-refractivity contribution in [1.82, 2.24) is 9.62 Å². The minimum Gasteiger partial charge on any atom is -0.396 e. The van der Waals surface area contributed by atoms with Gasteiger partial charge in [0.2, 0.25) is 0 Å². The van der Waals surface area contributed by atoms with E-state index in [2.05, 4.69) is 4.72 Å². The van der Waals surface area contributed by atoms with Crippen molar-refractivity contribution in [3.63, 3.8) is 0 Å². The second-order valence-corrected chi connectivity index (χ2v) is 6.32. The van der Waals surface area contributed by atoms with Crippen LogP contribution in [0, 0.1) is 0 Å². The summed E-state index contributed by atoms with van der Waals surface area (Å²) in [4.78, 5) is 13.5. The van der Waals surface area contributed by atoms with Crippen molar-refractivity contribution in [1.29, 1.82) is 0 Å². The first-order valence-corrected chi connectivity index (χ1v) is 8.26. The number of nitrogens with zero attached hydrogens (tertiary/aromatic N) is 1. The quantitative estimate of drug-likeness (QED) is 0.416. The molecule has 0 saturated carbocycles.